The van der Waals surface area contributed by atoms with Gasteiger partial charge in [0.15, 0.2) is 0 Å². The molecule has 0 aliphatic carbocycles. The third kappa shape index (κ3) is 1.15. The normalized spacial score (nSPS) is 11.3. The molecule has 15 heavy (non-hydrogen) atoms. The molecule has 0 aliphatic rings. The van der Waals surface area contributed by atoms with Crippen LogP contribution in [0.25, 0.3) is 21.9 Å². The van der Waals surface area contributed by atoms with Gasteiger partial charge in [0.05, 0.1) is 10.4 Å². The van der Waals surface area contributed by atoms with Crippen LogP contribution >= 0.6 is 11.6 Å². The van der Waals surface area contributed by atoms with Crippen LogP contribution in [0.4, 0.5) is 4.39 Å². The first-order chi connectivity index (χ1) is 7.27. The van der Waals surface area contributed by atoms with E-state index in [-0.39, 0.29) is 5.82 Å². The van der Waals surface area contributed by atoms with Gasteiger partial charge in [-0.3, -0.25) is 0 Å². The van der Waals surface area contributed by atoms with Crippen molar-refractivity contribution in [3.8, 4) is 0 Å². The van der Waals surface area contributed by atoms with E-state index in [1.165, 1.54) is 6.07 Å². The molecule has 0 amide bonds. The van der Waals surface area contributed by atoms with Crippen LogP contribution in [0.3, 0.4) is 0 Å². The smallest absolute Gasteiger partial charge is 0.138 e. The Labute approximate surface area is 90.1 Å². The largest absolute Gasteiger partial charge is 0.456 e. The van der Waals surface area contributed by atoms with Gasteiger partial charge in [0.1, 0.15) is 17.0 Å². The number of halogens is 2. The SMILES string of the molecule is Fc1cccc2oc3cccc(Cl)c3c12. The minimum absolute atomic E-state index is 0.306. The zero-order chi connectivity index (χ0) is 10.4. The van der Waals surface area contributed by atoms with Crippen molar-refractivity contribution < 1.29 is 8.81 Å². The minimum atomic E-state index is -0.306. The second kappa shape index (κ2) is 2.97. The molecule has 0 bridgehead atoms. The number of fused-ring (bicyclic) bond motifs is 3. The topological polar surface area (TPSA) is 13.1 Å². The molecule has 0 saturated heterocycles. The van der Waals surface area contributed by atoms with Crippen LogP contribution in [-0.2, 0) is 0 Å². The molecule has 3 rings (SSSR count). The van der Waals surface area contributed by atoms with E-state index >= 15 is 0 Å². The molecule has 0 aliphatic heterocycles. The van der Waals surface area contributed by atoms with Gasteiger partial charge in [0.25, 0.3) is 0 Å². The number of rotatable bonds is 0. The fraction of sp³-hybridized carbons (Fsp3) is 0. The molecule has 0 spiro atoms. The van der Waals surface area contributed by atoms with Gasteiger partial charge in [0, 0.05) is 5.39 Å². The van der Waals surface area contributed by atoms with Crippen LogP contribution in [0.5, 0.6) is 0 Å². The average molecular weight is 221 g/mol. The lowest BCUT2D eigenvalue weighted by atomic mass is 10.1. The molecule has 0 fully saturated rings. The molecule has 3 heteroatoms. The highest BCUT2D eigenvalue weighted by Gasteiger charge is 2.12. The lowest BCUT2D eigenvalue weighted by Crippen LogP contribution is -1.74. The molecule has 74 valence electrons. The van der Waals surface area contributed by atoms with Gasteiger partial charge >= 0.3 is 0 Å². The van der Waals surface area contributed by atoms with Gasteiger partial charge in [-0.1, -0.05) is 23.7 Å². The Balaban J connectivity index is 2.67. The van der Waals surface area contributed by atoms with Crippen LogP contribution in [0.15, 0.2) is 40.8 Å². The monoisotopic (exact) mass is 220 g/mol. The fourth-order valence-corrected chi connectivity index (χ4v) is 2.04. The Morgan fingerprint density at radius 2 is 1.60 bits per heavy atom. The van der Waals surface area contributed by atoms with Crippen LogP contribution in [0.1, 0.15) is 0 Å². The van der Waals surface area contributed by atoms with Crippen molar-refractivity contribution in [3.63, 3.8) is 0 Å². The third-order valence-corrected chi connectivity index (χ3v) is 2.74. The predicted octanol–water partition coefficient (Wildman–Crippen LogP) is 4.38. The summed E-state index contributed by atoms with van der Waals surface area (Å²) in [7, 11) is 0. The first-order valence-electron chi connectivity index (χ1n) is 4.52. The molecule has 0 saturated carbocycles. The highest BCUT2D eigenvalue weighted by Crippen LogP contribution is 2.34. The summed E-state index contributed by atoms with van der Waals surface area (Å²) in [5.74, 6) is -0.306. The molecule has 1 nitrogen and oxygen atoms in total. The molecule has 1 aromatic heterocycles. The average Bonchev–Trinajstić information content (AvgIpc) is 2.58. The number of hydrogen-bond acceptors (Lipinski definition) is 1. The Hall–Kier alpha value is -1.54. The van der Waals surface area contributed by atoms with Crippen molar-refractivity contribution in [1.82, 2.24) is 0 Å². The molecule has 0 unspecified atom stereocenters. The van der Waals surface area contributed by atoms with Gasteiger partial charge in [-0.25, -0.2) is 4.39 Å². The second-order valence-corrected chi connectivity index (χ2v) is 3.74. The molecule has 0 atom stereocenters. The summed E-state index contributed by atoms with van der Waals surface area (Å²) in [5, 5.41) is 1.61. The Bertz CT molecular complexity index is 601. The summed E-state index contributed by atoms with van der Waals surface area (Å²) < 4.78 is 19.1. The lowest BCUT2D eigenvalue weighted by Gasteiger charge is -1.93. The lowest BCUT2D eigenvalue weighted by molar-refractivity contribution is 0.634. The summed E-state index contributed by atoms with van der Waals surface area (Å²) in [5.41, 5.74) is 1.14. The van der Waals surface area contributed by atoms with E-state index in [9.17, 15) is 4.39 Å². The number of furan rings is 1. The third-order valence-electron chi connectivity index (χ3n) is 2.42. The maximum absolute atomic E-state index is 13.6. The van der Waals surface area contributed by atoms with E-state index < -0.39 is 0 Å². The van der Waals surface area contributed by atoms with E-state index in [1.807, 2.05) is 0 Å². The van der Waals surface area contributed by atoms with Crippen molar-refractivity contribution in [2.24, 2.45) is 0 Å². The molecule has 0 N–H and O–H groups in total. The zero-order valence-electron chi connectivity index (χ0n) is 7.63. The molecule has 3 aromatic rings. The van der Waals surface area contributed by atoms with E-state index in [1.54, 1.807) is 30.3 Å². The van der Waals surface area contributed by atoms with Crippen molar-refractivity contribution in [2.45, 2.75) is 0 Å². The second-order valence-electron chi connectivity index (χ2n) is 3.33. The summed E-state index contributed by atoms with van der Waals surface area (Å²) in [6, 6.07) is 10.0. The predicted molar refractivity (Wildman–Crippen MR) is 58.7 cm³/mol. The van der Waals surface area contributed by atoms with Crippen LogP contribution in [0, 0.1) is 5.82 Å². The first-order valence-corrected chi connectivity index (χ1v) is 4.90. The molecular weight excluding hydrogens is 215 g/mol. The van der Waals surface area contributed by atoms with E-state index in [0.29, 0.717) is 27.0 Å². The van der Waals surface area contributed by atoms with Crippen molar-refractivity contribution in [1.29, 1.82) is 0 Å². The maximum atomic E-state index is 13.6. The Morgan fingerprint density at radius 3 is 2.40 bits per heavy atom. The quantitative estimate of drug-likeness (QED) is 0.548. The van der Waals surface area contributed by atoms with Gasteiger partial charge in [-0.15, -0.1) is 0 Å². The summed E-state index contributed by atoms with van der Waals surface area (Å²) in [4.78, 5) is 0. The van der Waals surface area contributed by atoms with E-state index in [4.69, 9.17) is 16.0 Å². The Kier molecular flexibility index (Phi) is 1.73. The number of hydrogen-bond donors (Lipinski definition) is 0. The summed E-state index contributed by atoms with van der Waals surface area (Å²) in [6.45, 7) is 0. The highest BCUT2D eigenvalue weighted by molar-refractivity contribution is 6.37. The van der Waals surface area contributed by atoms with Crippen molar-refractivity contribution in [3.05, 3.63) is 47.2 Å². The van der Waals surface area contributed by atoms with Crippen LogP contribution < -0.4 is 0 Å². The molecule has 1 heterocycles. The minimum Gasteiger partial charge on any atom is -0.456 e. The van der Waals surface area contributed by atoms with Gasteiger partial charge in [-0.05, 0) is 24.3 Å². The van der Waals surface area contributed by atoms with Gasteiger partial charge < -0.3 is 4.42 Å². The first kappa shape index (κ1) is 8.74. The van der Waals surface area contributed by atoms with Crippen molar-refractivity contribution >= 4 is 33.5 Å². The molecule has 2 aromatic carbocycles. The van der Waals surface area contributed by atoms with Crippen molar-refractivity contribution in [2.75, 3.05) is 0 Å². The molecule has 0 radical (unpaired) electrons. The van der Waals surface area contributed by atoms with E-state index in [0.717, 1.165) is 0 Å². The number of benzene rings is 2. The van der Waals surface area contributed by atoms with E-state index in [2.05, 4.69) is 0 Å². The standard InChI is InChI=1S/C12H6ClFO/c13-7-3-1-5-9-11(7)12-8(14)4-2-6-10(12)15-9/h1-6H. The van der Waals surface area contributed by atoms with Crippen LogP contribution in [0.2, 0.25) is 5.02 Å². The fourth-order valence-electron chi connectivity index (χ4n) is 1.78. The maximum Gasteiger partial charge on any atom is 0.138 e. The molecular formula is C12H6ClFO. The van der Waals surface area contributed by atoms with Crippen LogP contribution in [-0.4, -0.2) is 0 Å². The highest BCUT2D eigenvalue weighted by atomic mass is 35.5. The van der Waals surface area contributed by atoms with Gasteiger partial charge in [0.2, 0.25) is 0 Å². The van der Waals surface area contributed by atoms with Gasteiger partial charge in [-0.2, -0.15) is 0 Å². The summed E-state index contributed by atoms with van der Waals surface area (Å²) >= 11 is 6.02. The zero-order valence-corrected chi connectivity index (χ0v) is 8.38. The Morgan fingerprint density at radius 1 is 0.933 bits per heavy atom. The summed E-state index contributed by atoms with van der Waals surface area (Å²) in [6.07, 6.45) is 0.